The summed E-state index contributed by atoms with van der Waals surface area (Å²) in [6.45, 7) is 4.58. The van der Waals surface area contributed by atoms with Crippen LogP contribution in [0.1, 0.15) is 24.3 Å². The summed E-state index contributed by atoms with van der Waals surface area (Å²) in [6.07, 6.45) is 2.51. The van der Waals surface area contributed by atoms with Crippen LogP contribution in [0.25, 0.3) is 22.0 Å². The summed E-state index contributed by atoms with van der Waals surface area (Å²) in [4.78, 5) is 18.8. The number of fused-ring (bicyclic) bond motifs is 2. The molecule has 0 spiro atoms. The van der Waals surface area contributed by atoms with Crippen LogP contribution in [0.5, 0.6) is 0 Å². The number of nitrogens with one attached hydrogen (secondary N) is 1. The highest BCUT2D eigenvalue weighted by molar-refractivity contribution is 14.1. The average molecular weight is 518 g/mol. The van der Waals surface area contributed by atoms with Crippen LogP contribution in [0.15, 0.2) is 41.1 Å². The van der Waals surface area contributed by atoms with E-state index in [2.05, 4.69) is 57.0 Å². The van der Waals surface area contributed by atoms with Gasteiger partial charge in [-0.05, 0) is 38.4 Å². The molecule has 0 fully saturated rings. The number of hydrogen-bond donors (Lipinski definition) is 1. The van der Waals surface area contributed by atoms with Gasteiger partial charge in [-0.15, -0.1) is 5.10 Å². The van der Waals surface area contributed by atoms with Gasteiger partial charge in [0.15, 0.2) is 11.4 Å². The van der Waals surface area contributed by atoms with Crippen molar-refractivity contribution in [2.75, 3.05) is 26.0 Å². The predicted molar refractivity (Wildman–Crippen MR) is 126 cm³/mol. The predicted octanol–water partition coefficient (Wildman–Crippen LogP) is 4.27. The normalized spacial score (nSPS) is 12.2. The highest BCUT2D eigenvalue weighted by atomic mass is 127. The molecule has 0 amide bonds. The summed E-state index contributed by atoms with van der Waals surface area (Å²) in [7, 11) is 3.70. The molecule has 9 heteroatoms. The van der Waals surface area contributed by atoms with Crippen molar-refractivity contribution in [2.24, 2.45) is 0 Å². The first-order chi connectivity index (χ1) is 14.2. The largest absolute Gasteiger partial charge is 0.356 e. The number of alkyl halides is 1. The van der Waals surface area contributed by atoms with Crippen molar-refractivity contribution in [3.05, 3.63) is 42.2 Å². The second-order valence-corrected chi connectivity index (χ2v) is 11.0. The van der Waals surface area contributed by atoms with Gasteiger partial charge < -0.3 is 14.7 Å². The zero-order valence-electron chi connectivity index (χ0n) is 17.3. The van der Waals surface area contributed by atoms with E-state index in [1.54, 1.807) is 12.3 Å². The van der Waals surface area contributed by atoms with Gasteiger partial charge in [0, 0.05) is 33.2 Å². The van der Waals surface area contributed by atoms with Crippen LogP contribution in [-0.4, -0.2) is 54.8 Å². The number of nitrogens with zero attached hydrogens (tertiary/aromatic N) is 5. The van der Waals surface area contributed by atoms with Crippen molar-refractivity contribution in [2.45, 2.75) is 23.7 Å². The molecule has 0 atom stereocenters. The minimum atomic E-state index is -0.122. The quantitative estimate of drug-likeness (QED) is 0.301. The Hall–Kier alpha value is -2.53. The zero-order valence-corrected chi connectivity index (χ0v) is 19.5. The average Bonchev–Trinajstić information content (AvgIpc) is 3.22. The van der Waals surface area contributed by atoms with E-state index >= 15 is 0 Å². The first kappa shape index (κ1) is 20.7. The molecule has 0 aliphatic rings. The van der Waals surface area contributed by atoms with Crippen LogP contribution in [0.2, 0.25) is 0 Å². The number of rotatable bonds is 6. The van der Waals surface area contributed by atoms with Gasteiger partial charge in [0.2, 0.25) is 0 Å². The number of halogens is 1. The molecule has 0 radical (unpaired) electrons. The Morgan fingerprint density at radius 3 is 2.83 bits per heavy atom. The Morgan fingerprint density at radius 1 is 1.30 bits per heavy atom. The fourth-order valence-electron chi connectivity index (χ4n) is 3.29. The van der Waals surface area contributed by atoms with E-state index < -0.39 is 0 Å². The monoisotopic (exact) mass is 518 g/mol. The van der Waals surface area contributed by atoms with Gasteiger partial charge in [-0.2, -0.15) is 4.68 Å². The number of benzene rings is 1. The lowest BCUT2D eigenvalue weighted by molar-refractivity contribution is 0.0866. The van der Waals surface area contributed by atoms with Crippen molar-refractivity contribution in [3.63, 3.8) is 0 Å². The van der Waals surface area contributed by atoms with Gasteiger partial charge in [0.1, 0.15) is 5.52 Å². The summed E-state index contributed by atoms with van der Waals surface area (Å²) in [5.41, 5.74) is 3.74. The first-order valence-corrected chi connectivity index (χ1v) is 10.6. The smallest absolute Gasteiger partial charge is 0.261 e. The second kappa shape index (κ2) is 7.95. The summed E-state index contributed by atoms with van der Waals surface area (Å²) in [6, 6.07) is 9.48. The van der Waals surface area contributed by atoms with Gasteiger partial charge >= 0.3 is 0 Å². The number of likely N-dealkylation sites (N-methyl/N-ethyl adjacent to an activating group) is 1. The minimum Gasteiger partial charge on any atom is -0.356 e. The van der Waals surface area contributed by atoms with Crippen molar-refractivity contribution >= 4 is 62.0 Å². The lowest BCUT2D eigenvalue weighted by atomic mass is 10.0. The topological polar surface area (TPSA) is 89.1 Å². The van der Waals surface area contributed by atoms with Gasteiger partial charge in [-0.25, -0.2) is 0 Å². The van der Waals surface area contributed by atoms with E-state index in [0.717, 1.165) is 23.2 Å². The third kappa shape index (κ3) is 4.31. The Kier molecular flexibility index (Phi) is 5.49. The highest BCUT2D eigenvalue weighted by Crippen LogP contribution is 2.30. The van der Waals surface area contributed by atoms with E-state index in [4.69, 9.17) is 4.52 Å². The van der Waals surface area contributed by atoms with Crippen molar-refractivity contribution in [1.82, 2.24) is 24.8 Å². The molecule has 8 nitrogen and oxygen atoms in total. The zero-order chi connectivity index (χ0) is 21.5. The van der Waals surface area contributed by atoms with Crippen LogP contribution < -0.4 is 5.32 Å². The highest BCUT2D eigenvalue weighted by Gasteiger charge is 2.20. The summed E-state index contributed by atoms with van der Waals surface area (Å²) < 4.78 is 7.05. The maximum Gasteiger partial charge on any atom is 0.261 e. The molecular formula is C21H23IN6O2. The van der Waals surface area contributed by atoms with E-state index in [1.807, 2.05) is 43.3 Å². The van der Waals surface area contributed by atoms with Crippen LogP contribution in [0.3, 0.4) is 0 Å². The Morgan fingerprint density at radius 2 is 2.10 bits per heavy atom. The number of anilines is 2. The molecule has 0 aliphatic heterocycles. The Bertz CT molecular complexity index is 1220. The lowest BCUT2D eigenvalue weighted by Gasteiger charge is -2.13. The summed E-state index contributed by atoms with van der Waals surface area (Å²) >= 11 is 2.41. The SMILES string of the molecule is CN(C)CC(=O)n1nc(Nc2ccc3c(CC(C)(C)I)noc3c2)c2ncccc21. The van der Waals surface area contributed by atoms with Gasteiger partial charge in [-0.1, -0.05) is 41.6 Å². The molecule has 0 saturated heterocycles. The molecule has 0 unspecified atom stereocenters. The molecule has 1 aromatic carbocycles. The summed E-state index contributed by atoms with van der Waals surface area (Å²) in [5.74, 6) is 0.396. The number of carbonyl (C=O) groups is 1. The third-order valence-corrected chi connectivity index (χ3v) is 4.91. The number of carbonyl (C=O) groups excluding carboxylic acids is 1. The Balaban J connectivity index is 1.67. The maximum absolute atomic E-state index is 12.6. The standard InChI is InChI=1S/C21H23IN6O2/c1-21(2,22)11-15-14-8-7-13(10-17(14)30-26-15)24-20-19-16(6-5-9-23-19)28(25-20)18(29)12-27(3)4/h5-10H,11-12H2,1-4H3,(H,24,25). The van der Waals surface area contributed by atoms with Crippen LogP contribution in [0.4, 0.5) is 11.5 Å². The summed E-state index contributed by atoms with van der Waals surface area (Å²) in [5, 5.41) is 13.0. The van der Waals surface area contributed by atoms with E-state index in [9.17, 15) is 4.79 Å². The van der Waals surface area contributed by atoms with Gasteiger partial charge in [0.05, 0.1) is 17.8 Å². The molecule has 0 aliphatic carbocycles. The van der Waals surface area contributed by atoms with E-state index in [-0.39, 0.29) is 15.9 Å². The fraction of sp³-hybridized carbons (Fsp3) is 0.333. The minimum absolute atomic E-state index is 0.0923. The molecule has 3 aromatic heterocycles. The molecule has 1 N–H and O–H groups in total. The van der Waals surface area contributed by atoms with E-state index in [0.29, 0.717) is 22.4 Å². The second-order valence-electron chi connectivity index (χ2n) is 8.12. The van der Waals surface area contributed by atoms with Gasteiger partial charge in [-0.3, -0.25) is 9.78 Å². The van der Waals surface area contributed by atoms with E-state index in [1.165, 1.54) is 4.68 Å². The Labute approximate surface area is 187 Å². The van der Waals surface area contributed by atoms with Crippen molar-refractivity contribution in [1.29, 1.82) is 0 Å². The third-order valence-electron chi connectivity index (χ3n) is 4.52. The molecule has 4 rings (SSSR count). The molecular weight excluding hydrogens is 495 g/mol. The van der Waals surface area contributed by atoms with Crippen molar-refractivity contribution in [3.8, 4) is 0 Å². The van der Waals surface area contributed by atoms with Crippen LogP contribution in [-0.2, 0) is 6.42 Å². The van der Waals surface area contributed by atoms with Crippen LogP contribution >= 0.6 is 22.6 Å². The first-order valence-electron chi connectivity index (χ1n) is 9.57. The number of hydrogen-bond acceptors (Lipinski definition) is 7. The molecule has 156 valence electrons. The lowest BCUT2D eigenvalue weighted by Crippen LogP contribution is -2.27. The number of pyridine rings is 1. The van der Waals surface area contributed by atoms with Crippen LogP contribution in [0, 0.1) is 0 Å². The fourth-order valence-corrected chi connectivity index (χ4v) is 3.65. The molecule has 0 saturated carbocycles. The number of aromatic nitrogens is 4. The maximum atomic E-state index is 12.6. The molecule has 3 heterocycles. The molecule has 0 bridgehead atoms. The molecule has 4 aromatic rings. The van der Waals surface area contributed by atoms with Gasteiger partial charge in [0.25, 0.3) is 5.91 Å². The van der Waals surface area contributed by atoms with Crippen molar-refractivity contribution < 1.29 is 9.32 Å². The molecule has 30 heavy (non-hydrogen) atoms.